The first-order valence-corrected chi connectivity index (χ1v) is 4.83. The Hall–Kier alpha value is -1.00. The SMILES string of the molecule is Br.S=C(Cc1ncc[nH]1)c1ccccc1. The molecule has 0 unspecified atom stereocenters. The van der Waals surface area contributed by atoms with Gasteiger partial charge in [0.15, 0.2) is 0 Å². The van der Waals surface area contributed by atoms with E-state index in [0.717, 1.165) is 16.3 Å². The van der Waals surface area contributed by atoms with Crippen LogP contribution in [0.2, 0.25) is 0 Å². The van der Waals surface area contributed by atoms with E-state index in [0.29, 0.717) is 6.42 Å². The van der Waals surface area contributed by atoms with E-state index in [4.69, 9.17) is 12.2 Å². The summed E-state index contributed by atoms with van der Waals surface area (Å²) in [7, 11) is 0. The van der Waals surface area contributed by atoms with Crippen molar-refractivity contribution < 1.29 is 0 Å². The zero-order valence-corrected chi connectivity index (χ0v) is 10.5. The van der Waals surface area contributed by atoms with E-state index in [1.54, 1.807) is 6.20 Å². The number of thiocarbonyl (C=S) groups is 1. The predicted octanol–water partition coefficient (Wildman–Crippen LogP) is 2.95. The first-order chi connectivity index (χ1) is 6.86. The number of benzene rings is 1. The third-order valence-corrected chi connectivity index (χ3v) is 2.36. The second kappa shape index (κ2) is 5.78. The fourth-order valence-electron chi connectivity index (χ4n) is 1.27. The molecule has 1 aromatic carbocycles. The molecule has 0 aliphatic heterocycles. The minimum absolute atomic E-state index is 0. The number of aromatic amines is 1. The topological polar surface area (TPSA) is 28.7 Å². The van der Waals surface area contributed by atoms with Crippen molar-refractivity contribution in [3.8, 4) is 0 Å². The molecule has 0 aliphatic rings. The largest absolute Gasteiger partial charge is 0.348 e. The lowest BCUT2D eigenvalue weighted by Gasteiger charge is -2.00. The molecule has 0 saturated carbocycles. The van der Waals surface area contributed by atoms with Gasteiger partial charge in [-0.05, 0) is 5.56 Å². The number of nitrogens with zero attached hydrogens (tertiary/aromatic N) is 1. The highest BCUT2D eigenvalue weighted by Gasteiger charge is 2.02. The third kappa shape index (κ3) is 3.25. The molecule has 15 heavy (non-hydrogen) atoms. The van der Waals surface area contributed by atoms with Crippen LogP contribution in [0, 0.1) is 0 Å². The highest BCUT2D eigenvalue weighted by atomic mass is 79.9. The molecule has 0 bridgehead atoms. The highest BCUT2D eigenvalue weighted by Crippen LogP contribution is 2.05. The van der Waals surface area contributed by atoms with Crippen LogP contribution in [0.1, 0.15) is 11.4 Å². The van der Waals surface area contributed by atoms with Gasteiger partial charge in [-0.15, -0.1) is 17.0 Å². The van der Waals surface area contributed by atoms with Gasteiger partial charge in [-0.3, -0.25) is 0 Å². The van der Waals surface area contributed by atoms with Gasteiger partial charge in [0.1, 0.15) is 5.82 Å². The van der Waals surface area contributed by atoms with Crippen molar-refractivity contribution in [2.75, 3.05) is 0 Å². The minimum Gasteiger partial charge on any atom is -0.348 e. The van der Waals surface area contributed by atoms with E-state index >= 15 is 0 Å². The van der Waals surface area contributed by atoms with Gasteiger partial charge in [-0.25, -0.2) is 4.98 Å². The lowest BCUT2D eigenvalue weighted by molar-refractivity contribution is 1.09. The van der Waals surface area contributed by atoms with Crippen molar-refractivity contribution >= 4 is 34.1 Å². The van der Waals surface area contributed by atoms with Crippen LogP contribution in [0.5, 0.6) is 0 Å². The van der Waals surface area contributed by atoms with Crippen LogP contribution in [-0.4, -0.2) is 14.8 Å². The van der Waals surface area contributed by atoms with E-state index in [1.165, 1.54) is 0 Å². The monoisotopic (exact) mass is 282 g/mol. The summed E-state index contributed by atoms with van der Waals surface area (Å²) >= 11 is 5.31. The van der Waals surface area contributed by atoms with Crippen molar-refractivity contribution in [3.05, 3.63) is 54.1 Å². The second-order valence-electron chi connectivity index (χ2n) is 3.00. The number of imidazole rings is 1. The Morgan fingerprint density at radius 3 is 2.60 bits per heavy atom. The Morgan fingerprint density at radius 2 is 2.00 bits per heavy atom. The highest BCUT2D eigenvalue weighted by molar-refractivity contribution is 8.93. The number of H-pyrrole nitrogens is 1. The van der Waals surface area contributed by atoms with E-state index < -0.39 is 0 Å². The quantitative estimate of drug-likeness (QED) is 0.693. The Balaban J connectivity index is 0.00000112. The number of halogens is 1. The average molecular weight is 283 g/mol. The normalized spacial score (nSPS) is 9.33. The van der Waals surface area contributed by atoms with Crippen molar-refractivity contribution in [1.29, 1.82) is 0 Å². The van der Waals surface area contributed by atoms with Gasteiger partial charge in [0, 0.05) is 23.7 Å². The Morgan fingerprint density at radius 1 is 1.27 bits per heavy atom. The predicted molar refractivity (Wildman–Crippen MR) is 70.8 cm³/mol. The maximum Gasteiger partial charge on any atom is 0.111 e. The molecule has 0 amide bonds. The lowest BCUT2D eigenvalue weighted by atomic mass is 10.1. The first-order valence-electron chi connectivity index (χ1n) is 4.43. The van der Waals surface area contributed by atoms with E-state index in [9.17, 15) is 0 Å². The maximum atomic E-state index is 5.31. The van der Waals surface area contributed by atoms with Crippen LogP contribution in [0.25, 0.3) is 0 Å². The molecule has 0 spiro atoms. The van der Waals surface area contributed by atoms with Crippen molar-refractivity contribution in [2.24, 2.45) is 0 Å². The summed E-state index contributed by atoms with van der Waals surface area (Å²) in [6.45, 7) is 0. The summed E-state index contributed by atoms with van der Waals surface area (Å²) in [5.74, 6) is 0.916. The maximum absolute atomic E-state index is 5.31. The lowest BCUT2D eigenvalue weighted by Crippen LogP contribution is -2.02. The fourth-order valence-corrected chi connectivity index (χ4v) is 1.55. The summed E-state index contributed by atoms with van der Waals surface area (Å²) in [4.78, 5) is 8.10. The second-order valence-corrected chi connectivity index (χ2v) is 3.49. The molecule has 4 heteroatoms. The molecule has 0 radical (unpaired) electrons. The number of hydrogen-bond acceptors (Lipinski definition) is 2. The van der Waals surface area contributed by atoms with Crippen LogP contribution in [-0.2, 0) is 6.42 Å². The van der Waals surface area contributed by atoms with Crippen LogP contribution >= 0.6 is 29.2 Å². The average Bonchev–Trinajstić information content (AvgIpc) is 2.72. The van der Waals surface area contributed by atoms with Gasteiger partial charge < -0.3 is 4.98 Å². The van der Waals surface area contributed by atoms with Gasteiger partial charge >= 0.3 is 0 Å². The Kier molecular flexibility index (Phi) is 4.65. The molecule has 1 aromatic heterocycles. The van der Waals surface area contributed by atoms with Crippen LogP contribution in [0.4, 0.5) is 0 Å². The summed E-state index contributed by atoms with van der Waals surface area (Å²) in [5, 5.41) is 0. The summed E-state index contributed by atoms with van der Waals surface area (Å²) < 4.78 is 0. The molecule has 0 fully saturated rings. The molecule has 2 nitrogen and oxygen atoms in total. The molecule has 2 aromatic rings. The van der Waals surface area contributed by atoms with Crippen LogP contribution < -0.4 is 0 Å². The van der Waals surface area contributed by atoms with E-state index in [-0.39, 0.29) is 17.0 Å². The van der Waals surface area contributed by atoms with Gasteiger partial charge in [-0.1, -0.05) is 42.5 Å². The number of aromatic nitrogens is 2. The van der Waals surface area contributed by atoms with Crippen LogP contribution in [0.15, 0.2) is 42.7 Å². The van der Waals surface area contributed by atoms with Crippen molar-refractivity contribution in [3.63, 3.8) is 0 Å². The summed E-state index contributed by atoms with van der Waals surface area (Å²) in [6, 6.07) is 10.0. The molecule has 1 heterocycles. The van der Waals surface area contributed by atoms with Crippen LogP contribution in [0.3, 0.4) is 0 Å². The molecule has 78 valence electrons. The molecule has 0 aliphatic carbocycles. The Bertz CT molecular complexity index is 411. The smallest absolute Gasteiger partial charge is 0.111 e. The first kappa shape index (κ1) is 12.1. The zero-order chi connectivity index (χ0) is 9.80. The standard InChI is InChI=1S/C11H10N2S.BrH/c14-10(8-11-12-6-7-13-11)9-4-2-1-3-5-9;/h1-7H,8H2,(H,12,13);1H. The number of nitrogens with one attached hydrogen (secondary N) is 1. The molecule has 1 N–H and O–H groups in total. The van der Waals surface area contributed by atoms with Gasteiger partial charge in [0.05, 0.1) is 0 Å². The van der Waals surface area contributed by atoms with E-state index in [2.05, 4.69) is 9.97 Å². The number of rotatable bonds is 3. The number of hydrogen-bond donors (Lipinski definition) is 1. The van der Waals surface area contributed by atoms with Gasteiger partial charge in [0.25, 0.3) is 0 Å². The van der Waals surface area contributed by atoms with Crippen molar-refractivity contribution in [1.82, 2.24) is 9.97 Å². The fraction of sp³-hybridized carbons (Fsp3) is 0.0909. The molecular weight excluding hydrogens is 272 g/mol. The summed E-state index contributed by atoms with van der Waals surface area (Å²) in [6.07, 6.45) is 4.25. The molecule has 0 atom stereocenters. The third-order valence-electron chi connectivity index (χ3n) is 1.98. The van der Waals surface area contributed by atoms with E-state index in [1.807, 2.05) is 36.5 Å². The van der Waals surface area contributed by atoms with Gasteiger partial charge in [-0.2, -0.15) is 0 Å². The minimum atomic E-state index is 0. The molecule has 0 saturated heterocycles. The molecule has 2 rings (SSSR count). The zero-order valence-electron chi connectivity index (χ0n) is 8.01. The van der Waals surface area contributed by atoms with Crippen molar-refractivity contribution in [2.45, 2.75) is 6.42 Å². The Labute approximate surface area is 105 Å². The summed E-state index contributed by atoms with van der Waals surface area (Å²) in [5.41, 5.74) is 1.10. The molecular formula is C11H11BrN2S. The van der Waals surface area contributed by atoms with Gasteiger partial charge in [0.2, 0.25) is 0 Å².